The highest BCUT2D eigenvalue weighted by atomic mass is 16.3. The Bertz CT molecular complexity index is 601. The van der Waals surface area contributed by atoms with Crippen molar-refractivity contribution in [3.8, 4) is 0 Å². The molecular weight excluding hydrogens is 288 g/mol. The summed E-state index contributed by atoms with van der Waals surface area (Å²) in [5.41, 5.74) is 3.19. The summed E-state index contributed by atoms with van der Waals surface area (Å²) >= 11 is 0. The van der Waals surface area contributed by atoms with Crippen molar-refractivity contribution in [1.82, 2.24) is 9.88 Å². The first kappa shape index (κ1) is 15.1. The molecule has 1 aromatic heterocycles. The van der Waals surface area contributed by atoms with Crippen LogP contribution in [-0.4, -0.2) is 40.1 Å². The average molecular weight is 314 g/mol. The number of aliphatic hydroxyl groups excluding tert-OH is 1. The molecule has 2 saturated carbocycles. The first-order valence-electron chi connectivity index (χ1n) is 9.05. The van der Waals surface area contributed by atoms with Gasteiger partial charge in [0.1, 0.15) is 0 Å². The molecule has 0 aliphatic heterocycles. The lowest BCUT2D eigenvalue weighted by atomic mass is 9.95. The second kappa shape index (κ2) is 5.90. The SMILES string of the molecule is CN(C(=O)c1cnc2c(c1)CCCC2)C1C[C@H]2CC(O)C[C@H]2C1. The Morgan fingerprint density at radius 1 is 1.17 bits per heavy atom. The quantitative estimate of drug-likeness (QED) is 0.913. The summed E-state index contributed by atoms with van der Waals surface area (Å²) in [6, 6.07) is 2.39. The van der Waals surface area contributed by atoms with Crippen molar-refractivity contribution in [3.05, 3.63) is 29.1 Å². The highest BCUT2D eigenvalue weighted by molar-refractivity contribution is 5.94. The van der Waals surface area contributed by atoms with Crippen LogP contribution >= 0.6 is 0 Å². The molecule has 3 aliphatic rings. The van der Waals surface area contributed by atoms with Crippen molar-refractivity contribution in [1.29, 1.82) is 0 Å². The summed E-state index contributed by atoms with van der Waals surface area (Å²) in [6.07, 6.45) is 10.1. The number of pyridine rings is 1. The number of fused-ring (bicyclic) bond motifs is 2. The van der Waals surface area contributed by atoms with Crippen LogP contribution in [0.25, 0.3) is 0 Å². The van der Waals surface area contributed by atoms with E-state index in [1.54, 1.807) is 6.20 Å². The van der Waals surface area contributed by atoms with Gasteiger partial charge in [-0.2, -0.15) is 0 Å². The fraction of sp³-hybridized carbons (Fsp3) is 0.684. The van der Waals surface area contributed by atoms with Gasteiger partial charge in [0.2, 0.25) is 0 Å². The Balaban J connectivity index is 1.47. The third kappa shape index (κ3) is 2.78. The second-order valence-corrected chi connectivity index (χ2v) is 7.72. The van der Waals surface area contributed by atoms with Gasteiger partial charge in [-0.05, 0) is 74.8 Å². The van der Waals surface area contributed by atoms with Gasteiger partial charge in [-0.1, -0.05) is 0 Å². The fourth-order valence-electron chi connectivity index (χ4n) is 4.94. The van der Waals surface area contributed by atoms with Crippen LogP contribution in [0, 0.1) is 11.8 Å². The zero-order chi connectivity index (χ0) is 16.0. The van der Waals surface area contributed by atoms with Crippen molar-refractivity contribution in [3.63, 3.8) is 0 Å². The van der Waals surface area contributed by atoms with Gasteiger partial charge >= 0.3 is 0 Å². The molecule has 0 saturated heterocycles. The van der Waals surface area contributed by atoms with E-state index in [0.29, 0.717) is 17.9 Å². The molecule has 4 rings (SSSR count). The molecule has 1 aromatic rings. The molecule has 23 heavy (non-hydrogen) atoms. The van der Waals surface area contributed by atoms with Crippen LogP contribution in [0.15, 0.2) is 12.3 Å². The maximum absolute atomic E-state index is 12.8. The van der Waals surface area contributed by atoms with Gasteiger partial charge in [0.15, 0.2) is 0 Å². The summed E-state index contributed by atoms with van der Waals surface area (Å²) < 4.78 is 0. The summed E-state index contributed by atoms with van der Waals surface area (Å²) in [5.74, 6) is 1.32. The number of aliphatic hydroxyl groups is 1. The lowest BCUT2D eigenvalue weighted by molar-refractivity contribution is 0.0721. The summed E-state index contributed by atoms with van der Waals surface area (Å²) in [7, 11) is 1.93. The predicted octanol–water partition coefficient (Wildman–Crippen LogP) is 2.58. The molecule has 3 aliphatic carbocycles. The monoisotopic (exact) mass is 314 g/mol. The number of hydrogen-bond donors (Lipinski definition) is 1. The summed E-state index contributed by atoms with van der Waals surface area (Å²) in [6.45, 7) is 0. The van der Waals surface area contributed by atoms with Gasteiger partial charge < -0.3 is 10.0 Å². The van der Waals surface area contributed by atoms with Crippen LogP contribution in [0.4, 0.5) is 0 Å². The van der Waals surface area contributed by atoms with Gasteiger partial charge in [0, 0.05) is 25.0 Å². The molecule has 124 valence electrons. The molecule has 1 amide bonds. The Morgan fingerprint density at radius 2 is 1.87 bits per heavy atom. The van der Waals surface area contributed by atoms with Crippen molar-refractivity contribution in [2.75, 3.05) is 7.05 Å². The third-order valence-corrected chi connectivity index (χ3v) is 6.25. The number of amides is 1. The van der Waals surface area contributed by atoms with E-state index in [1.807, 2.05) is 11.9 Å². The molecule has 4 nitrogen and oxygen atoms in total. The van der Waals surface area contributed by atoms with E-state index in [0.717, 1.165) is 44.1 Å². The van der Waals surface area contributed by atoms with Crippen LogP contribution in [0.5, 0.6) is 0 Å². The number of hydrogen-bond acceptors (Lipinski definition) is 3. The molecule has 2 unspecified atom stereocenters. The van der Waals surface area contributed by atoms with Crippen LogP contribution in [0.2, 0.25) is 0 Å². The van der Waals surface area contributed by atoms with Crippen molar-refractivity contribution < 1.29 is 9.90 Å². The lowest BCUT2D eigenvalue weighted by Gasteiger charge is -2.26. The molecule has 2 fully saturated rings. The van der Waals surface area contributed by atoms with E-state index < -0.39 is 0 Å². The Hall–Kier alpha value is -1.42. The average Bonchev–Trinajstić information content (AvgIpc) is 3.10. The molecule has 1 heterocycles. The Labute approximate surface area is 137 Å². The number of aryl methyl sites for hydroxylation is 2. The van der Waals surface area contributed by atoms with E-state index >= 15 is 0 Å². The van der Waals surface area contributed by atoms with Gasteiger partial charge in [-0.25, -0.2) is 0 Å². The molecule has 0 spiro atoms. The van der Waals surface area contributed by atoms with Crippen LogP contribution < -0.4 is 0 Å². The Morgan fingerprint density at radius 3 is 2.61 bits per heavy atom. The van der Waals surface area contributed by atoms with E-state index in [2.05, 4.69) is 11.1 Å². The van der Waals surface area contributed by atoms with Gasteiger partial charge in [-0.15, -0.1) is 0 Å². The summed E-state index contributed by atoms with van der Waals surface area (Å²) in [5, 5.41) is 9.77. The molecule has 1 N–H and O–H groups in total. The van der Waals surface area contributed by atoms with Crippen molar-refractivity contribution in [2.45, 2.75) is 63.5 Å². The number of nitrogens with zero attached hydrogens (tertiary/aromatic N) is 2. The van der Waals surface area contributed by atoms with Gasteiger partial charge in [0.05, 0.1) is 11.7 Å². The number of carbonyl (C=O) groups excluding carboxylic acids is 1. The number of aromatic nitrogens is 1. The maximum atomic E-state index is 12.8. The fourth-order valence-corrected chi connectivity index (χ4v) is 4.94. The first-order valence-corrected chi connectivity index (χ1v) is 9.05. The molecule has 0 aromatic carbocycles. The van der Waals surface area contributed by atoms with E-state index in [1.165, 1.54) is 24.1 Å². The van der Waals surface area contributed by atoms with Gasteiger partial charge in [0.25, 0.3) is 5.91 Å². The highest BCUT2D eigenvalue weighted by Gasteiger charge is 2.43. The van der Waals surface area contributed by atoms with E-state index in [9.17, 15) is 9.90 Å². The molecule has 4 heteroatoms. The molecular formula is C19H26N2O2. The lowest BCUT2D eigenvalue weighted by Crippen LogP contribution is -2.36. The maximum Gasteiger partial charge on any atom is 0.255 e. The van der Waals surface area contributed by atoms with Crippen LogP contribution in [0.1, 0.15) is 60.1 Å². The zero-order valence-electron chi connectivity index (χ0n) is 13.9. The minimum Gasteiger partial charge on any atom is -0.393 e. The largest absolute Gasteiger partial charge is 0.393 e. The summed E-state index contributed by atoms with van der Waals surface area (Å²) in [4.78, 5) is 19.3. The van der Waals surface area contributed by atoms with E-state index in [4.69, 9.17) is 0 Å². The standard InChI is InChI=1S/C19H26N2O2/c1-21(16-7-13-9-17(22)10-14(13)8-16)19(23)15-6-12-4-2-3-5-18(12)20-11-15/h6,11,13-14,16-17,22H,2-5,7-10H2,1H3/t13-,14+,16?,17?. The normalized spacial score (nSPS) is 32.4. The molecule has 4 atom stereocenters. The number of carbonyl (C=O) groups is 1. The number of rotatable bonds is 2. The van der Waals surface area contributed by atoms with Crippen molar-refractivity contribution in [2.24, 2.45) is 11.8 Å². The topological polar surface area (TPSA) is 53.4 Å². The van der Waals surface area contributed by atoms with Crippen LogP contribution in [0.3, 0.4) is 0 Å². The predicted molar refractivity (Wildman–Crippen MR) is 88.2 cm³/mol. The minimum atomic E-state index is -0.114. The van der Waals surface area contributed by atoms with Crippen LogP contribution in [-0.2, 0) is 12.8 Å². The van der Waals surface area contributed by atoms with Crippen molar-refractivity contribution >= 4 is 5.91 Å². The third-order valence-electron chi connectivity index (χ3n) is 6.25. The minimum absolute atomic E-state index is 0.108. The Kier molecular flexibility index (Phi) is 3.88. The van der Waals surface area contributed by atoms with Gasteiger partial charge in [-0.3, -0.25) is 9.78 Å². The second-order valence-electron chi connectivity index (χ2n) is 7.72. The molecule has 0 bridgehead atoms. The first-order chi connectivity index (χ1) is 11.1. The zero-order valence-corrected chi connectivity index (χ0v) is 13.9. The highest BCUT2D eigenvalue weighted by Crippen LogP contribution is 2.45. The smallest absolute Gasteiger partial charge is 0.255 e. The van der Waals surface area contributed by atoms with E-state index in [-0.39, 0.29) is 12.0 Å². The molecule has 0 radical (unpaired) electrons.